The van der Waals surface area contributed by atoms with Gasteiger partial charge in [-0.1, -0.05) is 54.6 Å². The summed E-state index contributed by atoms with van der Waals surface area (Å²) in [6, 6.07) is 28.1. The van der Waals surface area contributed by atoms with Gasteiger partial charge in [-0.3, -0.25) is 9.59 Å². The van der Waals surface area contributed by atoms with Crippen molar-refractivity contribution in [2.24, 2.45) is 0 Å². The molecule has 4 aromatic rings. The molecule has 0 aliphatic carbocycles. The van der Waals surface area contributed by atoms with Crippen LogP contribution in [0.2, 0.25) is 0 Å². The van der Waals surface area contributed by atoms with Gasteiger partial charge in [0.05, 0.1) is 12.2 Å². The number of para-hydroxylation sites is 2. The summed E-state index contributed by atoms with van der Waals surface area (Å²) in [6.45, 7) is 2.13. The third-order valence-electron chi connectivity index (χ3n) is 6.90. The second kappa shape index (κ2) is 9.85. The predicted molar refractivity (Wildman–Crippen MR) is 144 cm³/mol. The zero-order valence-corrected chi connectivity index (χ0v) is 20.5. The van der Waals surface area contributed by atoms with Crippen LogP contribution in [0.4, 0.5) is 23.1 Å². The number of carbonyl (C=O) groups excluding carboxylic acids is 2. The van der Waals surface area contributed by atoms with Crippen molar-refractivity contribution in [2.75, 3.05) is 27.8 Å². The molecule has 3 aromatic carbocycles. The number of hydrogen-bond donors (Lipinski definition) is 0. The molecule has 0 spiro atoms. The maximum absolute atomic E-state index is 13.8. The molecular weight excluding hydrogens is 462 g/mol. The largest absolute Gasteiger partial charge is 0.356 e. The molecule has 2 aliphatic rings. The van der Waals surface area contributed by atoms with Crippen LogP contribution in [0.5, 0.6) is 0 Å². The van der Waals surface area contributed by atoms with Gasteiger partial charge in [0.25, 0.3) is 11.8 Å². The van der Waals surface area contributed by atoms with Gasteiger partial charge in [0.1, 0.15) is 11.5 Å². The Kier molecular flexibility index (Phi) is 6.10. The number of piperidine rings is 1. The maximum atomic E-state index is 13.8. The molecular formula is C30H27N5O2. The van der Waals surface area contributed by atoms with E-state index in [9.17, 15) is 9.59 Å². The fourth-order valence-corrected chi connectivity index (χ4v) is 5.04. The molecule has 0 N–H and O–H groups in total. The van der Waals surface area contributed by atoms with Crippen LogP contribution in [0, 0.1) is 0 Å². The summed E-state index contributed by atoms with van der Waals surface area (Å²) < 4.78 is 0. The van der Waals surface area contributed by atoms with Crippen molar-refractivity contribution in [3.05, 3.63) is 108 Å². The number of nitrogens with zero attached hydrogens (tertiary/aromatic N) is 5. The topological polar surface area (TPSA) is 69.6 Å². The molecule has 1 fully saturated rings. The smallest absolute Gasteiger partial charge is 0.277 e. The highest BCUT2D eigenvalue weighted by molar-refractivity contribution is 6.12. The monoisotopic (exact) mass is 489 g/mol. The zero-order valence-electron chi connectivity index (χ0n) is 20.5. The lowest BCUT2D eigenvalue weighted by atomic mass is 10.1. The summed E-state index contributed by atoms with van der Waals surface area (Å²) in [5.41, 5.74) is 3.16. The molecule has 0 radical (unpaired) electrons. The van der Waals surface area contributed by atoms with E-state index in [1.807, 2.05) is 78.9 Å². The lowest BCUT2D eigenvalue weighted by Gasteiger charge is -2.30. The Morgan fingerprint density at radius 3 is 2.05 bits per heavy atom. The highest BCUT2D eigenvalue weighted by Gasteiger charge is 2.37. The molecule has 3 heterocycles. The van der Waals surface area contributed by atoms with Crippen molar-refractivity contribution in [1.82, 2.24) is 9.97 Å². The fourth-order valence-electron chi connectivity index (χ4n) is 5.04. The number of rotatable bonds is 5. The van der Waals surface area contributed by atoms with Crippen LogP contribution < -0.4 is 14.7 Å². The quantitative estimate of drug-likeness (QED) is 0.365. The van der Waals surface area contributed by atoms with Crippen molar-refractivity contribution < 1.29 is 9.59 Å². The van der Waals surface area contributed by atoms with Crippen LogP contribution in [0.25, 0.3) is 0 Å². The number of amides is 2. The fraction of sp³-hybridized carbons (Fsp3) is 0.200. The van der Waals surface area contributed by atoms with Gasteiger partial charge in [-0.15, -0.1) is 0 Å². The van der Waals surface area contributed by atoms with Gasteiger partial charge in [-0.05, 0) is 55.7 Å². The van der Waals surface area contributed by atoms with Gasteiger partial charge in [0.15, 0.2) is 0 Å². The van der Waals surface area contributed by atoms with Gasteiger partial charge in [0.2, 0.25) is 5.95 Å². The SMILES string of the molecule is O=C1c2nc(N(C(=O)c3ccccc3)c3ccccc3)nc(N3CCCCC3)c2CN1c1ccccc1. The van der Waals surface area contributed by atoms with Gasteiger partial charge < -0.3 is 9.80 Å². The van der Waals surface area contributed by atoms with Crippen molar-refractivity contribution in [2.45, 2.75) is 25.8 Å². The summed E-state index contributed by atoms with van der Waals surface area (Å²) >= 11 is 0. The lowest BCUT2D eigenvalue weighted by molar-refractivity contribution is 0.0982. The third-order valence-corrected chi connectivity index (χ3v) is 6.90. The normalized spacial score (nSPS) is 15.0. The van der Waals surface area contributed by atoms with Crippen molar-refractivity contribution in [3.63, 3.8) is 0 Å². The van der Waals surface area contributed by atoms with E-state index in [4.69, 9.17) is 9.97 Å². The lowest BCUT2D eigenvalue weighted by Crippen LogP contribution is -2.33. The average molecular weight is 490 g/mol. The highest BCUT2D eigenvalue weighted by atomic mass is 16.2. The molecule has 0 atom stereocenters. The number of fused-ring (bicyclic) bond motifs is 1. The standard InChI is InChI=1S/C30H27N5O2/c36-28(22-13-5-1-6-14-22)35(24-17-9-3-10-18-24)30-31-26-25(27(32-30)33-19-11-4-12-20-33)21-34(29(26)37)23-15-7-2-8-16-23/h1-3,5-10,13-18H,4,11-12,19-21H2. The molecule has 184 valence electrons. The molecule has 0 unspecified atom stereocenters. The molecule has 37 heavy (non-hydrogen) atoms. The minimum absolute atomic E-state index is 0.178. The van der Waals surface area contributed by atoms with E-state index >= 15 is 0 Å². The van der Waals surface area contributed by atoms with E-state index in [1.165, 1.54) is 11.3 Å². The highest BCUT2D eigenvalue weighted by Crippen LogP contribution is 2.36. The first-order chi connectivity index (χ1) is 18.2. The van der Waals surface area contributed by atoms with E-state index in [-0.39, 0.29) is 17.8 Å². The molecule has 2 amide bonds. The minimum atomic E-state index is -0.248. The number of anilines is 4. The van der Waals surface area contributed by atoms with Crippen LogP contribution >= 0.6 is 0 Å². The van der Waals surface area contributed by atoms with Crippen LogP contribution in [-0.4, -0.2) is 34.9 Å². The Labute approximate surface area is 216 Å². The molecule has 0 bridgehead atoms. The maximum Gasteiger partial charge on any atom is 0.277 e. The predicted octanol–water partition coefficient (Wildman–Crippen LogP) is 5.61. The van der Waals surface area contributed by atoms with Crippen LogP contribution in [0.3, 0.4) is 0 Å². The molecule has 7 nitrogen and oxygen atoms in total. The first-order valence-corrected chi connectivity index (χ1v) is 12.7. The number of benzene rings is 3. The van der Waals surface area contributed by atoms with Crippen molar-refractivity contribution in [3.8, 4) is 0 Å². The summed E-state index contributed by atoms with van der Waals surface area (Å²) in [6.07, 6.45) is 3.31. The van der Waals surface area contributed by atoms with Crippen LogP contribution in [0.15, 0.2) is 91.0 Å². The first-order valence-electron chi connectivity index (χ1n) is 12.7. The number of carbonyl (C=O) groups is 2. The Bertz CT molecular complexity index is 1420. The number of hydrogen-bond acceptors (Lipinski definition) is 5. The molecule has 1 aromatic heterocycles. The minimum Gasteiger partial charge on any atom is -0.356 e. The zero-order chi connectivity index (χ0) is 25.2. The van der Waals surface area contributed by atoms with Crippen LogP contribution in [0.1, 0.15) is 45.7 Å². The summed E-state index contributed by atoms with van der Waals surface area (Å²) in [7, 11) is 0. The van der Waals surface area contributed by atoms with E-state index in [0.29, 0.717) is 23.5 Å². The second-order valence-electron chi connectivity index (χ2n) is 9.29. The van der Waals surface area contributed by atoms with Gasteiger partial charge >= 0.3 is 0 Å². The average Bonchev–Trinajstić information content (AvgIpc) is 3.31. The van der Waals surface area contributed by atoms with Crippen molar-refractivity contribution >= 4 is 35.0 Å². The Morgan fingerprint density at radius 1 is 0.757 bits per heavy atom. The van der Waals surface area contributed by atoms with E-state index in [0.717, 1.165) is 43.0 Å². The molecule has 2 aliphatic heterocycles. The molecule has 7 heteroatoms. The van der Waals surface area contributed by atoms with Gasteiger partial charge in [-0.25, -0.2) is 9.88 Å². The van der Waals surface area contributed by atoms with E-state index < -0.39 is 0 Å². The second-order valence-corrected chi connectivity index (χ2v) is 9.29. The molecule has 0 saturated carbocycles. The summed E-state index contributed by atoms with van der Waals surface area (Å²) in [5, 5.41) is 0. The Hall–Kier alpha value is -4.52. The Balaban J connectivity index is 1.51. The first kappa shape index (κ1) is 22.9. The van der Waals surface area contributed by atoms with Crippen LogP contribution in [-0.2, 0) is 6.54 Å². The number of aromatic nitrogens is 2. The van der Waals surface area contributed by atoms with Gasteiger partial charge in [0, 0.05) is 29.9 Å². The van der Waals surface area contributed by atoms with E-state index in [2.05, 4.69) is 4.90 Å². The summed E-state index contributed by atoms with van der Waals surface area (Å²) in [4.78, 5) is 42.8. The van der Waals surface area contributed by atoms with Gasteiger partial charge in [-0.2, -0.15) is 4.98 Å². The molecule has 6 rings (SSSR count). The summed E-state index contributed by atoms with van der Waals surface area (Å²) in [5.74, 6) is 0.529. The van der Waals surface area contributed by atoms with Crippen molar-refractivity contribution in [1.29, 1.82) is 0 Å². The third kappa shape index (κ3) is 4.33. The molecule has 1 saturated heterocycles. The Morgan fingerprint density at radius 2 is 1.38 bits per heavy atom. The van der Waals surface area contributed by atoms with E-state index in [1.54, 1.807) is 17.0 Å².